The maximum absolute atomic E-state index is 12.2. The molecule has 3 heterocycles. The maximum atomic E-state index is 12.2. The first-order chi connectivity index (χ1) is 12.3. The molecule has 1 unspecified atom stereocenters. The normalized spacial score (nSPS) is 18.2. The zero-order valence-electron chi connectivity index (χ0n) is 13.6. The number of aromatic nitrogens is 1. The predicted octanol–water partition coefficient (Wildman–Crippen LogP) is 1.91. The van der Waals surface area contributed by atoms with Gasteiger partial charge in [0.15, 0.2) is 11.5 Å². The molecular formula is C18H18N2O5. The predicted molar refractivity (Wildman–Crippen MR) is 87.8 cm³/mol. The molecule has 0 radical (unpaired) electrons. The third-order valence-electron chi connectivity index (χ3n) is 4.06. The second-order valence-electron chi connectivity index (χ2n) is 5.86. The van der Waals surface area contributed by atoms with E-state index >= 15 is 0 Å². The Bertz CT molecular complexity index is 757. The molecule has 130 valence electrons. The molecule has 7 nitrogen and oxygen atoms in total. The van der Waals surface area contributed by atoms with Crippen LogP contribution in [0.1, 0.15) is 22.3 Å². The summed E-state index contributed by atoms with van der Waals surface area (Å²) in [5.41, 5.74) is 1.42. The minimum Gasteiger partial charge on any atom is -0.472 e. The third kappa shape index (κ3) is 3.66. The number of fused-ring (bicyclic) bond motifs is 1. The van der Waals surface area contributed by atoms with Gasteiger partial charge in [-0.25, -0.2) is 4.98 Å². The number of hydrogen-bond donors (Lipinski definition) is 1. The van der Waals surface area contributed by atoms with Gasteiger partial charge in [-0.2, -0.15) is 0 Å². The summed E-state index contributed by atoms with van der Waals surface area (Å²) in [6.45, 7) is 1.93. The van der Waals surface area contributed by atoms with E-state index in [-0.39, 0.29) is 18.8 Å². The summed E-state index contributed by atoms with van der Waals surface area (Å²) in [4.78, 5) is 16.4. The topological polar surface area (TPSA) is 78.9 Å². The SMILES string of the molecule is O=C(NCc1ccc2c(c1)OCO2)c1ccc(OC2CCOC2)nc1. The van der Waals surface area contributed by atoms with Crippen molar-refractivity contribution in [2.75, 3.05) is 20.0 Å². The number of ether oxygens (including phenoxy) is 4. The molecule has 0 aliphatic carbocycles. The van der Waals surface area contributed by atoms with Gasteiger partial charge in [0, 0.05) is 25.2 Å². The van der Waals surface area contributed by atoms with Gasteiger partial charge in [0.05, 0.1) is 18.8 Å². The molecule has 7 heteroatoms. The van der Waals surface area contributed by atoms with E-state index in [2.05, 4.69) is 10.3 Å². The van der Waals surface area contributed by atoms with Gasteiger partial charge in [-0.05, 0) is 23.8 Å². The monoisotopic (exact) mass is 342 g/mol. The summed E-state index contributed by atoms with van der Waals surface area (Å²) in [5.74, 6) is 1.73. The van der Waals surface area contributed by atoms with Gasteiger partial charge in [-0.1, -0.05) is 6.07 Å². The Hall–Kier alpha value is -2.80. The number of nitrogens with one attached hydrogen (secondary N) is 1. The molecule has 0 saturated carbocycles. The summed E-state index contributed by atoms with van der Waals surface area (Å²) < 4.78 is 21.5. The molecule has 1 saturated heterocycles. The number of pyridine rings is 1. The Labute approximate surface area is 144 Å². The van der Waals surface area contributed by atoms with Crippen molar-refractivity contribution in [3.05, 3.63) is 47.7 Å². The smallest absolute Gasteiger partial charge is 0.253 e. The summed E-state index contributed by atoms with van der Waals surface area (Å²) in [6.07, 6.45) is 2.41. The highest BCUT2D eigenvalue weighted by atomic mass is 16.7. The van der Waals surface area contributed by atoms with Crippen molar-refractivity contribution in [2.45, 2.75) is 19.1 Å². The molecule has 1 fully saturated rings. The van der Waals surface area contributed by atoms with Gasteiger partial charge < -0.3 is 24.3 Å². The van der Waals surface area contributed by atoms with Gasteiger partial charge in [0.1, 0.15) is 6.10 Å². The fraction of sp³-hybridized carbons (Fsp3) is 0.333. The number of rotatable bonds is 5. The molecule has 25 heavy (non-hydrogen) atoms. The second kappa shape index (κ2) is 6.98. The van der Waals surface area contributed by atoms with Gasteiger partial charge >= 0.3 is 0 Å². The molecule has 2 aromatic rings. The molecule has 1 N–H and O–H groups in total. The van der Waals surface area contributed by atoms with Crippen LogP contribution < -0.4 is 19.5 Å². The van der Waals surface area contributed by atoms with E-state index in [1.807, 2.05) is 18.2 Å². The van der Waals surface area contributed by atoms with Crippen LogP contribution in [0.15, 0.2) is 36.5 Å². The van der Waals surface area contributed by atoms with Gasteiger partial charge in [0.25, 0.3) is 5.91 Å². The minimum absolute atomic E-state index is 0.0400. The minimum atomic E-state index is -0.194. The van der Waals surface area contributed by atoms with Crippen LogP contribution in [0.5, 0.6) is 17.4 Å². The number of carbonyl (C=O) groups is 1. The van der Waals surface area contributed by atoms with Crippen molar-refractivity contribution in [3.63, 3.8) is 0 Å². The fourth-order valence-electron chi connectivity index (χ4n) is 2.70. The summed E-state index contributed by atoms with van der Waals surface area (Å²) in [7, 11) is 0. The largest absolute Gasteiger partial charge is 0.472 e. The Morgan fingerprint density at radius 3 is 2.96 bits per heavy atom. The summed E-state index contributed by atoms with van der Waals surface area (Å²) in [5, 5.41) is 2.86. The van der Waals surface area contributed by atoms with Crippen molar-refractivity contribution in [2.24, 2.45) is 0 Å². The van der Waals surface area contributed by atoms with Crippen LogP contribution >= 0.6 is 0 Å². The van der Waals surface area contributed by atoms with Crippen LogP contribution in [0.25, 0.3) is 0 Å². The standard InChI is InChI=1S/C18H18N2O5/c21-18(20-8-12-1-3-15-16(7-12)24-11-23-15)13-2-4-17(19-9-13)25-14-5-6-22-10-14/h1-4,7,9,14H,5-6,8,10-11H2,(H,20,21). The van der Waals surface area contributed by atoms with Crippen molar-refractivity contribution < 1.29 is 23.7 Å². The van der Waals surface area contributed by atoms with Crippen LogP contribution in [0.3, 0.4) is 0 Å². The number of hydrogen-bond acceptors (Lipinski definition) is 6. The maximum Gasteiger partial charge on any atom is 0.253 e. The highest BCUT2D eigenvalue weighted by Crippen LogP contribution is 2.32. The lowest BCUT2D eigenvalue weighted by molar-refractivity contribution is 0.0950. The molecule has 1 amide bonds. The summed E-state index contributed by atoms with van der Waals surface area (Å²) >= 11 is 0. The third-order valence-corrected chi connectivity index (χ3v) is 4.06. The lowest BCUT2D eigenvalue weighted by Gasteiger charge is -2.11. The average Bonchev–Trinajstić information content (AvgIpc) is 3.31. The van der Waals surface area contributed by atoms with Crippen molar-refractivity contribution >= 4 is 5.91 Å². The van der Waals surface area contributed by atoms with Crippen LogP contribution in [0, 0.1) is 0 Å². The van der Waals surface area contributed by atoms with Gasteiger partial charge in [-0.15, -0.1) is 0 Å². The highest BCUT2D eigenvalue weighted by Gasteiger charge is 2.18. The quantitative estimate of drug-likeness (QED) is 0.894. The molecule has 0 spiro atoms. The van der Waals surface area contributed by atoms with Gasteiger partial charge in [-0.3, -0.25) is 4.79 Å². The Balaban J connectivity index is 1.33. The molecule has 0 bridgehead atoms. The Morgan fingerprint density at radius 2 is 2.16 bits per heavy atom. The molecular weight excluding hydrogens is 324 g/mol. The van der Waals surface area contributed by atoms with E-state index in [4.69, 9.17) is 18.9 Å². The lowest BCUT2D eigenvalue weighted by Crippen LogP contribution is -2.23. The molecule has 1 atom stereocenters. The summed E-state index contributed by atoms with van der Waals surface area (Å²) in [6, 6.07) is 9.00. The molecule has 4 rings (SSSR count). The molecule has 1 aromatic carbocycles. The zero-order valence-corrected chi connectivity index (χ0v) is 13.6. The number of carbonyl (C=O) groups excluding carboxylic acids is 1. The Kier molecular flexibility index (Phi) is 4.39. The van der Waals surface area contributed by atoms with E-state index in [9.17, 15) is 4.79 Å². The van der Waals surface area contributed by atoms with Crippen LogP contribution in [0.4, 0.5) is 0 Å². The number of amides is 1. The van der Waals surface area contributed by atoms with Crippen molar-refractivity contribution in [1.29, 1.82) is 0 Å². The number of nitrogens with zero attached hydrogens (tertiary/aromatic N) is 1. The molecule has 2 aliphatic rings. The van der Waals surface area contributed by atoms with E-state index in [0.29, 0.717) is 37.0 Å². The average molecular weight is 342 g/mol. The van der Waals surface area contributed by atoms with E-state index in [1.54, 1.807) is 12.1 Å². The fourth-order valence-corrected chi connectivity index (χ4v) is 2.70. The number of benzene rings is 1. The first kappa shape index (κ1) is 15.7. The highest BCUT2D eigenvalue weighted by molar-refractivity contribution is 5.93. The second-order valence-corrected chi connectivity index (χ2v) is 5.86. The molecule has 1 aromatic heterocycles. The van der Waals surface area contributed by atoms with Crippen molar-refractivity contribution in [3.8, 4) is 17.4 Å². The van der Waals surface area contributed by atoms with E-state index in [1.165, 1.54) is 6.20 Å². The van der Waals surface area contributed by atoms with E-state index < -0.39 is 0 Å². The van der Waals surface area contributed by atoms with Gasteiger partial charge in [0.2, 0.25) is 12.7 Å². The van der Waals surface area contributed by atoms with Crippen LogP contribution in [-0.2, 0) is 11.3 Å². The first-order valence-electron chi connectivity index (χ1n) is 8.15. The van der Waals surface area contributed by atoms with Crippen LogP contribution in [-0.4, -0.2) is 37.0 Å². The Morgan fingerprint density at radius 1 is 1.24 bits per heavy atom. The zero-order chi connectivity index (χ0) is 17.1. The van der Waals surface area contributed by atoms with Crippen LogP contribution in [0.2, 0.25) is 0 Å². The first-order valence-corrected chi connectivity index (χ1v) is 8.15. The molecule has 2 aliphatic heterocycles. The van der Waals surface area contributed by atoms with Crippen molar-refractivity contribution in [1.82, 2.24) is 10.3 Å². The lowest BCUT2D eigenvalue weighted by atomic mass is 10.2. The van der Waals surface area contributed by atoms with E-state index in [0.717, 1.165) is 17.7 Å².